The minimum absolute atomic E-state index is 0.834. The standard InChI is InChI=1S/C28H19BrN2O/c1-32-22-13-11-21(12-14-22)31-26-17-16-24-23-5-3-2-4-18(23)8-15-25(24)27(26)30-28(31)19-6-9-20(29)10-7-19/h2-17H,1H3. The molecule has 1 aromatic heterocycles. The van der Waals surface area contributed by atoms with Crippen molar-refractivity contribution in [3.63, 3.8) is 0 Å². The Morgan fingerprint density at radius 2 is 1.47 bits per heavy atom. The van der Waals surface area contributed by atoms with Crippen molar-refractivity contribution in [2.45, 2.75) is 0 Å². The molecule has 0 bridgehead atoms. The van der Waals surface area contributed by atoms with Gasteiger partial charge in [-0.3, -0.25) is 4.57 Å². The van der Waals surface area contributed by atoms with Crippen LogP contribution in [0.5, 0.6) is 5.75 Å². The van der Waals surface area contributed by atoms with Crippen molar-refractivity contribution < 1.29 is 4.74 Å². The average molecular weight is 479 g/mol. The van der Waals surface area contributed by atoms with E-state index in [9.17, 15) is 0 Å². The Balaban J connectivity index is 1.70. The van der Waals surface area contributed by atoms with E-state index in [0.29, 0.717) is 0 Å². The lowest BCUT2D eigenvalue weighted by Crippen LogP contribution is -1.97. The van der Waals surface area contributed by atoms with Crippen LogP contribution in [0.25, 0.3) is 49.7 Å². The van der Waals surface area contributed by atoms with Gasteiger partial charge in [0, 0.05) is 21.1 Å². The number of nitrogens with zero attached hydrogens (tertiary/aromatic N) is 2. The third-order valence-corrected chi connectivity index (χ3v) is 6.51. The minimum atomic E-state index is 0.834. The third kappa shape index (κ3) is 2.99. The zero-order valence-electron chi connectivity index (χ0n) is 17.4. The Morgan fingerprint density at radius 3 is 2.25 bits per heavy atom. The number of fused-ring (bicyclic) bond motifs is 5. The van der Waals surface area contributed by atoms with Crippen LogP contribution in [0.15, 0.2) is 102 Å². The van der Waals surface area contributed by atoms with E-state index in [1.807, 2.05) is 12.1 Å². The van der Waals surface area contributed by atoms with Gasteiger partial charge in [0.25, 0.3) is 0 Å². The summed E-state index contributed by atoms with van der Waals surface area (Å²) >= 11 is 3.55. The van der Waals surface area contributed by atoms with Gasteiger partial charge in [0.1, 0.15) is 11.6 Å². The van der Waals surface area contributed by atoms with E-state index in [4.69, 9.17) is 9.72 Å². The molecule has 0 spiro atoms. The van der Waals surface area contributed by atoms with E-state index in [1.54, 1.807) is 7.11 Å². The summed E-state index contributed by atoms with van der Waals surface area (Å²) < 4.78 is 8.65. The number of rotatable bonds is 3. The largest absolute Gasteiger partial charge is 0.497 e. The summed E-state index contributed by atoms with van der Waals surface area (Å²) in [5, 5.41) is 4.86. The van der Waals surface area contributed by atoms with E-state index >= 15 is 0 Å². The molecule has 0 aliphatic heterocycles. The van der Waals surface area contributed by atoms with Gasteiger partial charge in [-0.2, -0.15) is 0 Å². The second-order valence-corrected chi connectivity index (χ2v) is 8.71. The molecule has 5 aromatic carbocycles. The molecule has 0 fully saturated rings. The molecule has 4 heteroatoms. The first kappa shape index (κ1) is 19.1. The van der Waals surface area contributed by atoms with Gasteiger partial charge >= 0.3 is 0 Å². The van der Waals surface area contributed by atoms with Crippen LogP contribution in [-0.4, -0.2) is 16.7 Å². The minimum Gasteiger partial charge on any atom is -0.497 e. The van der Waals surface area contributed by atoms with Crippen molar-refractivity contribution in [2.75, 3.05) is 7.11 Å². The van der Waals surface area contributed by atoms with Crippen molar-refractivity contribution in [1.82, 2.24) is 9.55 Å². The zero-order valence-corrected chi connectivity index (χ0v) is 19.0. The Morgan fingerprint density at radius 1 is 0.719 bits per heavy atom. The lowest BCUT2D eigenvalue weighted by molar-refractivity contribution is 0.415. The summed E-state index contributed by atoms with van der Waals surface area (Å²) in [6, 6.07) is 33.7. The maximum absolute atomic E-state index is 5.37. The lowest BCUT2D eigenvalue weighted by atomic mass is 10.0. The smallest absolute Gasteiger partial charge is 0.145 e. The number of hydrogen-bond donors (Lipinski definition) is 0. The van der Waals surface area contributed by atoms with Gasteiger partial charge in [0.2, 0.25) is 0 Å². The van der Waals surface area contributed by atoms with E-state index in [2.05, 4.69) is 105 Å². The summed E-state index contributed by atoms with van der Waals surface area (Å²) in [4.78, 5) is 5.18. The second kappa shape index (κ2) is 7.50. The molecule has 0 amide bonds. The van der Waals surface area contributed by atoms with Gasteiger partial charge in [-0.1, -0.05) is 70.5 Å². The van der Waals surface area contributed by atoms with Crippen LogP contribution >= 0.6 is 15.9 Å². The molecule has 0 aliphatic carbocycles. The summed E-state index contributed by atoms with van der Waals surface area (Å²) in [7, 11) is 1.69. The Labute approximate surface area is 194 Å². The van der Waals surface area contributed by atoms with Crippen molar-refractivity contribution in [3.8, 4) is 22.8 Å². The molecule has 6 aromatic rings. The van der Waals surface area contributed by atoms with Crippen molar-refractivity contribution in [3.05, 3.63) is 102 Å². The number of benzene rings is 5. The van der Waals surface area contributed by atoms with Gasteiger partial charge in [0.05, 0.1) is 18.1 Å². The van der Waals surface area contributed by atoms with Crippen molar-refractivity contribution in [2.24, 2.45) is 0 Å². The van der Waals surface area contributed by atoms with Gasteiger partial charge in [0.15, 0.2) is 0 Å². The predicted molar refractivity (Wildman–Crippen MR) is 136 cm³/mol. The molecule has 0 unspecified atom stereocenters. The summed E-state index contributed by atoms with van der Waals surface area (Å²) in [6.45, 7) is 0. The van der Waals surface area contributed by atoms with Crippen LogP contribution < -0.4 is 4.74 Å². The first-order chi connectivity index (χ1) is 15.7. The number of aromatic nitrogens is 2. The topological polar surface area (TPSA) is 27.1 Å². The van der Waals surface area contributed by atoms with Crippen LogP contribution in [0.3, 0.4) is 0 Å². The maximum Gasteiger partial charge on any atom is 0.145 e. The highest BCUT2D eigenvalue weighted by molar-refractivity contribution is 9.10. The molecule has 1 heterocycles. The average Bonchev–Trinajstić information content (AvgIpc) is 3.24. The summed E-state index contributed by atoms with van der Waals surface area (Å²) in [6.07, 6.45) is 0. The van der Waals surface area contributed by atoms with Crippen molar-refractivity contribution in [1.29, 1.82) is 0 Å². The van der Waals surface area contributed by atoms with Crippen LogP contribution in [0.4, 0.5) is 0 Å². The van der Waals surface area contributed by atoms with Crippen LogP contribution in [0.1, 0.15) is 0 Å². The highest BCUT2D eigenvalue weighted by atomic mass is 79.9. The van der Waals surface area contributed by atoms with Gasteiger partial charge in [-0.25, -0.2) is 4.98 Å². The third-order valence-electron chi connectivity index (χ3n) is 5.98. The van der Waals surface area contributed by atoms with Crippen LogP contribution in [0.2, 0.25) is 0 Å². The molecular formula is C28H19BrN2O. The molecule has 0 saturated carbocycles. The molecule has 6 rings (SSSR count). The fourth-order valence-electron chi connectivity index (χ4n) is 4.41. The first-order valence-electron chi connectivity index (χ1n) is 10.5. The number of ether oxygens (including phenoxy) is 1. The lowest BCUT2D eigenvalue weighted by Gasteiger charge is -2.11. The van der Waals surface area contributed by atoms with Crippen molar-refractivity contribution >= 4 is 48.5 Å². The van der Waals surface area contributed by atoms with E-state index in [0.717, 1.165) is 43.7 Å². The maximum atomic E-state index is 5.37. The molecule has 0 aliphatic rings. The molecule has 32 heavy (non-hydrogen) atoms. The zero-order chi connectivity index (χ0) is 21.7. The van der Waals surface area contributed by atoms with E-state index < -0.39 is 0 Å². The Kier molecular flexibility index (Phi) is 4.47. The Bertz CT molecular complexity index is 1600. The monoisotopic (exact) mass is 478 g/mol. The Hall–Kier alpha value is -3.63. The van der Waals surface area contributed by atoms with Gasteiger partial charge < -0.3 is 4.74 Å². The molecular weight excluding hydrogens is 460 g/mol. The van der Waals surface area contributed by atoms with Gasteiger partial charge in [-0.05, 0) is 58.6 Å². The number of methoxy groups -OCH3 is 1. The SMILES string of the molecule is COc1ccc(-n2c(-c3ccc(Br)cc3)nc3c4ccc5ccccc5c4ccc32)cc1. The normalized spacial score (nSPS) is 11.4. The number of hydrogen-bond acceptors (Lipinski definition) is 2. The molecule has 154 valence electrons. The van der Waals surface area contributed by atoms with Crippen LogP contribution in [0, 0.1) is 0 Å². The predicted octanol–water partition coefficient (Wildman–Crippen LogP) is 7.77. The van der Waals surface area contributed by atoms with E-state index in [-0.39, 0.29) is 0 Å². The fraction of sp³-hybridized carbons (Fsp3) is 0.0357. The molecule has 0 atom stereocenters. The molecule has 3 nitrogen and oxygen atoms in total. The highest BCUT2D eigenvalue weighted by Crippen LogP contribution is 2.36. The fourth-order valence-corrected chi connectivity index (χ4v) is 4.68. The quantitative estimate of drug-likeness (QED) is 0.243. The summed E-state index contributed by atoms with van der Waals surface area (Å²) in [5.74, 6) is 1.75. The van der Waals surface area contributed by atoms with Crippen LogP contribution in [-0.2, 0) is 0 Å². The highest BCUT2D eigenvalue weighted by Gasteiger charge is 2.17. The first-order valence-corrected chi connectivity index (χ1v) is 11.3. The second-order valence-electron chi connectivity index (χ2n) is 7.79. The molecule has 0 radical (unpaired) electrons. The molecule has 0 saturated heterocycles. The van der Waals surface area contributed by atoms with E-state index in [1.165, 1.54) is 16.2 Å². The number of imidazole rings is 1. The van der Waals surface area contributed by atoms with Gasteiger partial charge in [-0.15, -0.1) is 0 Å². The number of halogens is 1. The summed E-state index contributed by atoms with van der Waals surface area (Å²) in [5.41, 5.74) is 4.19. The molecule has 0 N–H and O–H groups in total.